The Morgan fingerprint density at radius 1 is 0.882 bits per heavy atom. The zero-order valence-corrected chi connectivity index (χ0v) is 21.7. The minimum Gasteiger partial charge on any atom is -0.483 e. The summed E-state index contributed by atoms with van der Waals surface area (Å²) >= 11 is 0. The van der Waals surface area contributed by atoms with Crippen molar-refractivity contribution in [1.82, 2.24) is 4.90 Å². The van der Waals surface area contributed by atoms with Gasteiger partial charge in [-0.15, -0.1) is 0 Å². The third-order valence-corrected chi connectivity index (χ3v) is 6.34. The van der Waals surface area contributed by atoms with Crippen molar-refractivity contribution in [3.8, 4) is 5.75 Å². The van der Waals surface area contributed by atoms with Crippen molar-refractivity contribution in [1.29, 1.82) is 0 Å². The third kappa shape index (κ3) is 6.62. The summed E-state index contributed by atoms with van der Waals surface area (Å²) in [6, 6.07) is 13.4. The van der Waals surface area contributed by atoms with Crippen molar-refractivity contribution in [2.24, 2.45) is 0 Å². The minimum absolute atomic E-state index is 0.0218. The van der Waals surface area contributed by atoms with Gasteiger partial charge in [-0.1, -0.05) is 78.6 Å². The summed E-state index contributed by atoms with van der Waals surface area (Å²) in [5, 5.41) is 2.90. The lowest BCUT2D eigenvalue weighted by molar-refractivity contribution is -0.118. The highest BCUT2D eigenvalue weighted by Gasteiger charge is 2.24. The van der Waals surface area contributed by atoms with Crippen molar-refractivity contribution >= 4 is 17.5 Å². The Hall–Kier alpha value is -2.82. The van der Waals surface area contributed by atoms with Crippen molar-refractivity contribution in [3.05, 3.63) is 59.2 Å². The molecule has 1 aliphatic heterocycles. The van der Waals surface area contributed by atoms with Crippen LogP contribution in [0.25, 0.3) is 0 Å². The van der Waals surface area contributed by atoms with Crippen molar-refractivity contribution in [2.75, 3.05) is 25.0 Å². The van der Waals surface area contributed by atoms with Crippen LogP contribution in [-0.2, 0) is 15.6 Å². The molecule has 2 amide bonds. The summed E-state index contributed by atoms with van der Waals surface area (Å²) in [5.41, 5.74) is 3.27. The molecule has 0 unspecified atom stereocenters. The maximum atomic E-state index is 13.1. The SMILES string of the molecule is CC(C)(C)c1ccc(OCC(=O)Nc2ccccc2C(=O)N2CCCCCC2)c(C(C)(C)C)c1. The summed E-state index contributed by atoms with van der Waals surface area (Å²) in [7, 11) is 0. The number of likely N-dealkylation sites (tertiary alicyclic amines) is 1. The Balaban J connectivity index is 1.72. The molecule has 0 saturated carbocycles. The molecule has 184 valence electrons. The first kappa shape index (κ1) is 25.8. The number of hydrogen-bond donors (Lipinski definition) is 1. The van der Waals surface area contributed by atoms with Gasteiger partial charge in [0.1, 0.15) is 5.75 Å². The quantitative estimate of drug-likeness (QED) is 0.564. The second kappa shape index (κ2) is 10.6. The topological polar surface area (TPSA) is 58.6 Å². The molecule has 0 bridgehead atoms. The lowest BCUT2D eigenvalue weighted by Gasteiger charge is -2.27. The van der Waals surface area contributed by atoms with Crippen LogP contribution in [0.3, 0.4) is 0 Å². The highest BCUT2D eigenvalue weighted by molar-refractivity contribution is 6.04. The molecule has 1 aliphatic rings. The Kier molecular flexibility index (Phi) is 8.06. The molecule has 0 radical (unpaired) electrons. The van der Waals surface area contributed by atoms with Gasteiger partial charge in [-0.3, -0.25) is 9.59 Å². The fourth-order valence-corrected chi connectivity index (χ4v) is 4.26. The fraction of sp³-hybridized carbons (Fsp3) is 0.517. The summed E-state index contributed by atoms with van der Waals surface area (Å²) in [4.78, 5) is 27.9. The summed E-state index contributed by atoms with van der Waals surface area (Å²) < 4.78 is 5.99. The molecule has 5 heteroatoms. The first-order valence-electron chi connectivity index (χ1n) is 12.4. The molecule has 1 N–H and O–H groups in total. The van der Waals surface area contributed by atoms with Crippen molar-refractivity contribution in [3.63, 3.8) is 0 Å². The third-order valence-electron chi connectivity index (χ3n) is 6.34. The molecule has 2 aromatic carbocycles. The van der Waals surface area contributed by atoms with Gasteiger partial charge in [0.2, 0.25) is 0 Å². The second-order valence-corrected chi connectivity index (χ2v) is 11.3. The van der Waals surface area contributed by atoms with Crippen LogP contribution in [0.15, 0.2) is 42.5 Å². The lowest BCUT2D eigenvalue weighted by Crippen LogP contribution is -2.33. The van der Waals surface area contributed by atoms with Gasteiger partial charge in [-0.05, 0) is 53.0 Å². The van der Waals surface area contributed by atoms with E-state index in [1.165, 1.54) is 5.56 Å². The number of benzene rings is 2. The van der Waals surface area contributed by atoms with E-state index in [1.807, 2.05) is 23.1 Å². The molecule has 0 aromatic heterocycles. The van der Waals surface area contributed by atoms with E-state index in [0.29, 0.717) is 17.0 Å². The predicted molar refractivity (Wildman–Crippen MR) is 139 cm³/mol. The number of carbonyl (C=O) groups is 2. The molecule has 2 aromatic rings. The highest BCUT2D eigenvalue weighted by atomic mass is 16.5. The number of nitrogens with one attached hydrogen (secondary N) is 1. The van der Waals surface area contributed by atoms with Crippen molar-refractivity contribution in [2.45, 2.75) is 78.1 Å². The predicted octanol–water partition coefficient (Wildman–Crippen LogP) is 6.32. The lowest BCUT2D eigenvalue weighted by atomic mass is 9.80. The van der Waals surface area contributed by atoms with Gasteiger partial charge in [0.25, 0.3) is 11.8 Å². The number of amides is 2. The smallest absolute Gasteiger partial charge is 0.262 e. The van der Waals surface area contributed by atoms with Crippen LogP contribution in [0.1, 0.15) is 88.7 Å². The molecule has 1 heterocycles. The maximum Gasteiger partial charge on any atom is 0.262 e. The Bertz CT molecular complexity index is 1010. The van der Waals surface area contributed by atoms with Crippen LogP contribution >= 0.6 is 0 Å². The number of hydrogen-bond acceptors (Lipinski definition) is 3. The molecule has 0 aliphatic carbocycles. The van der Waals surface area contributed by atoms with Crippen LogP contribution in [0.2, 0.25) is 0 Å². The van der Waals surface area contributed by atoms with Gasteiger partial charge in [-0.25, -0.2) is 0 Å². The first-order valence-corrected chi connectivity index (χ1v) is 12.4. The van der Waals surface area contributed by atoms with Gasteiger partial charge in [0, 0.05) is 13.1 Å². The Morgan fingerprint density at radius 3 is 2.15 bits per heavy atom. The molecule has 34 heavy (non-hydrogen) atoms. The van der Waals surface area contributed by atoms with Gasteiger partial charge >= 0.3 is 0 Å². The molecule has 0 spiro atoms. The highest BCUT2D eigenvalue weighted by Crippen LogP contribution is 2.35. The molecule has 0 atom stereocenters. The van der Waals surface area contributed by atoms with Gasteiger partial charge < -0.3 is 15.0 Å². The largest absolute Gasteiger partial charge is 0.483 e. The average Bonchev–Trinajstić information content (AvgIpc) is 3.06. The average molecular weight is 465 g/mol. The fourth-order valence-electron chi connectivity index (χ4n) is 4.26. The summed E-state index contributed by atoms with van der Waals surface area (Å²) in [6.45, 7) is 14.4. The van der Waals surface area contributed by atoms with Crippen LogP contribution < -0.4 is 10.1 Å². The van der Waals surface area contributed by atoms with E-state index in [9.17, 15) is 9.59 Å². The Labute approximate surface area is 204 Å². The molecule has 3 rings (SSSR count). The zero-order valence-electron chi connectivity index (χ0n) is 21.7. The van der Waals surface area contributed by atoms with Gasteiger partial charge in [0.15, 0.2) is 6.61 Å². The van der Waals surface area contributed by atoms with E-state index in [-0.39, 0.29) is 29.3 Å². The van der Waals surface area contributed by atoms with Gasteiger partial charge in [-0.2, -0.15) is 0 Å². The van der Waals surface area contributed by atoms with Crippen LogP contribution in [0, 0.1) is 0 Å². The van der Waals surface area contributed by atoms with Crippen LogP contribution in [-0.4, -0.2) is 36.4 Å². The molecular weight excluding hydrogens is 424 g/mol. The second-order valence-electron chi connectivity index (χ2n) is 11.3. The molecule has 1 fully saturated rings. The van der Waals surface area contributed by atoms with E-state index in [4.69, 9.17) is 4.74 Å². The number of para-hydroxylation sites is 1. The van der Waals surface area contributed by atoms with Crippen LogP contribution in [0.5, 0.6) is 5.75 Å². The number of anilines is 1. The van der Waals surface area contributed by atoms with E-state index in [2.05, 4.69) is 59.0 Å². The zero-order chi connectivity index (χ0) is 24.9. The molecular formula is C29H40N2O3. The number of rotatable bonds is 5. The summed E-state index contributed by atoms with van der Waals surface area (Å²) in [5.74, 6) is 0.409. The first-order chi connectivity index (χ1) is 16.0. The molecule has 1 saturated heterocycles. The molecule has 5 nitrogen and oxygen atoms in total. The van der Waals surface area contributed by atoms with E-state index in [0.717, 1.165) is 44.3 Å². The van der Waals surface area contributed by atoms with Crippen LogP contribution in [0.4, 0.5) is 5.69 Å². The van der Waals surface area contributed by atoms with Crippen molar-refractivity contribution < 1.29 is 14.3 Å². The number of ether oxygens (including phenoxy) is 1. The maximum absolute atomic E-state index is 13.1. The van der Waals surface area contributed by atoms with Gasteiger partial charge in [0.05, 0.1) is 11.3 Å². The van der Waals surface area contributed by atoms with E-state index in [1.54, 1.807) is 12.1 Å². The van der Waals surface area contributed by atoms with E-state index < -0.39 is 0 Å². The monoisotopic (exact) mass is 464 g/mol. The number of carbonyl (C=O) groups excluding carboxylic acids is 2. The number of nitrogens with zero attached hydrogens (tertiary/aromatic N) is 1. The summed E-state index contributed by atoms with van der Waals surface area (Å²) in [6.07, 6.45) is 4.37. The standard InChI is InChI=1S/C29H40N2O3/c1-28(2,3)21-15-16-25(23(19-21)29(4,5)6)34-20-26(32)30-24-14-10-9-13-22(24)27(33)31-17-11-7-8-12-18-31/h9-10,13-16,19H,7-8,11-12,17-18,20H2,1-6H3,(H,30,32). The van der Waals surface area contributed by atoms with E-state index >= 15 is 0 Å². The minimum atomic E-state index is -0.282. The Morgan fingerprint density at radius 2 is 1.53 bits per heavy atom. The normalized spacial score (nSPS) is 14.9.